The van der Waals surface area contributed by atoms with E-state index >= 15 is 0 Å². The molecular formula is C19H40O4S. The molecule has 0 heterocycles. The van der Waals surface area contributed by atoms with Gasteiger partial charge in [-0.15, -0.1) is 0 Å². The molecule has 0 aromatic rings. The van der Waals surface area contributed by atoms with Crippen molar-refractivity contribution in [2.24, 2.45) is 0 Å². The molecule has 0 spiro atoms. The monoisotopic (exact) mass is 364 g/mol. The summed E-state index contributed by atoms with van der Waals surface area (Å²) in [6, 6.07) is 0. The molecule has 1 N–H and O–H groups in total. The Morgan fingerprint density at radius 1 is 0.708 bits per heavy atom. The minimum Gasteiger partial charge on any atom is -0.360 e. The van der Waals surface area contributed by atoms with E-state index in [9.17, 15) is 13.0 Å². The molecule has 0 aliphatic heterocycles. The van der Waals surface area contributed by atoms with Crippen molar-refractivity contribution in [3.63, 3.8) is 0 Å². The highest BCUT2D eigenvalue weighted by Crippen LogP contribution is 2.15. The smallest absolute Gasteiger partial charge is 0.292 e. The van der Waals surface area contributed by atoms with Crippen molar-refractivity contribution in [3.8, 4) is 0 Å². The highest BCUT2D eigenvalue weighted by Gasteiger charge is 2.22. The lowest BCUT2D eigenvalue weighted by atomic mass is 10.1. The van der Waals surface area contributed by atoms with Gasteiger partial charge in [0.15, 0.2) is 5.44 Å². The molecule has 146 valence electrons. The fourth-order valence-corrected chi connectivity index (χ4v) is 3.59. The predicted octanol–water partition coefficient (Wildman–Crippen LogP) is 6.11. The number of hydrogen-bond acceptors (Lipinski definition) is 3. The molecule has 24 heavy (non-hydrogen) atoms. The first-order chi connectivity index (χ1) is 11.5. The zero-order valence-electron chi connectivity index (χ0n) is 16.0. The van der Waals surface area contributed by atoms with Crippen LogP contribution in [0.2, 0.25) is 0 Å². The summed E-state index contributed by atoms with van der Waals surface area (Å²) < 4.78 is 37.5. The molecule has 0 aliphatic carbocycles. The Kier molecular flexibility index (Phi) is 16.3. The summed E-state index contributed by atoms with van der Waals surface area (Å²) in [6.45, 7) is 4.80. The topological polar surface area (TPSA) is 63.6 Å². The van der Waals surface area contributed by atoms with Crippen molar-refractivity contribution < 1.29 is 17.7 Å². The highest BCUT2D eigenvalue weighted by molar-refractivity contribution is 7.86. The van der Waals surface area contributed by atoms with Crippen LogP contribution in [0.15, 0.2) is 0 Å². The van der Waals surface area contributed by atoms with Gasteiger partial charge in [-0.25, -0.2) is 0 Å². The van der Waals surface area contributed by atoms with Crippen LogP contribution in [0.4, 0.5) is 0 Å². The molecule has 0 aromatic carbocycles. The van der Waals surface area contributed by atoms with Gasteiger partial charge >= 0.3 is 0 Å². The van der Waals surface area contributed by atoms with Gasteiger partial charge in [0.05, 0.1) is 0 Å². The molecule has 0 rings (SSSR count). The molecule has 4 nitrogen and oxygen atoms in total. The minimum atomic E-state index is -4.09. The van der Waals surface area contributed by atoms with Crippen LogP contribution in [0.1, 0.15) is 110 Å². The van der Waals surface area contributed by atoms with Crippen LogP contribution in [0.25, 0.3) is 0 Å². The normalized spacial score (nSPS) is 13.3. The fourth-order valence-electron chi connectivity index (χ4n) is 2.86. The van der Waals surface area contributed by atoms with E-state index in [-0.39, 0.29) is 0 Å². The largest absolute Gasteiger partial charge is 0.360 e. The fraction of sp³-hybridized carbons (Fsp3) is 1.00. The van der Waals surface area contributed by atoms with E-state index in [4.69, 9.17) is 4.74 Å². The van der Waals surface area contributed by atoms with Gasteiger partial charge in [0, 0.05) is 6.61 Å². The first kappa shape index (κ1) is 23.9. The van der Waals surface area contributed by atoms with Crippen molar-refractivity contribution >= 4 is 10.1 Å². The molecule has 5 heteroatoms. The predicted molar refractivity (Wildman–Crippen MR) is 102 cm³/mol. The van der Waals surface area contributed by atoms with Gasteiger partial charge in [-0.1, -0.05) is 90.9 Å². The highest BCUT2D eigenvalue weighted by atomic mass is 32.2. The summed E-state index contributed by atoms with van der Waals surface area (Å²) in [5.74, 6) is 0. The van der Waals surface area contributed by atoms with Crippen LogP contribution in [-0.4, -0.2) is 25.0 Å². The lowest BCUT2D eigenvalue weighted by Crippen LogP contribution is -2.24. The van der Waals surface area contributed by atoms with Crippen LogP contribution in [0.3, 0.4) is 0 Å². The molecule has 1 unspecified atom stereocenters. The van der Waals surface area contributed by atoms with Crippen molar-refractivity contribution in [1.82, 2.24) is 0 Å². The molecule has 0 saturated carbocycles. The second-order valence-corrected chi connectivity index (χ2v) is 8.40. The van der Waals surface area contributed by atoms with Gasteiger partial charge in [-0.3, -0.25) is 4.55 Å². The van der Waals surface area contributed by atoms with Crippen molar-refractivity contribution in [3.05, 3.63) is 0 Å². The van der Waals surface area contributed by atoms with Crippen molar-refractivity contribution in [1.29, 1.82) is 0 Å². The maximum atomic E-state index is 11.4. The molecule has 0 bridgehead atoms. The molecule has 1 atom stereocenters. The van der Waals surface area contributed by atoms with Gasteiger partial charge in [-0.2, -0.15) is 8.42 Å². The van der Waals surface area contributed by atoms with E-state index in [1.165, 1.54) is 51.4 Å². The van der Waals surface area contributed by atoms with Crippen LogP contribution in [0, 0.1) is 0 Å². The molecule has 0 aliphatic rings. The van der Waals surface area contributed by atoms with E-state index < -0.39 is 15.6 Å². The zero-order valence-corrected chi connectivity index (χ0v) is 16.8. The Morgan fingerprint density at radius 3 is 1.58 bits per heavy atom. The van der Waals surface area contributed by atoms with Gasteiger partial charge < -0.3 is 4.74 Å². The van der Waals surface area contributed by atoms with Crippen LogP contribution >= 0.6 is 0 Å². The van der Waals surface area contributed by atoms with Crippen LogP contribution < -0.4 is 0 Å². The van der Waals surface area contributed by atoms with Crippen molar-refractivity contribution in [2.45, 2.75) is 116 Å². The lowest BCUT2D eigenvalue weighted by Gasteiger charge is -2.15. The number of hydrogen-bond donors (Lipinski definition) is 1. The van der Waals surface area contributed by atoms with Crippen LogP contribution in [-0.2, 0) is 14.9 Å². The third-order valence-corrected chi connectivity index (χ3v) is 5.46. The van der Waals surface area contributed by atoms with E-state index in [1.807, 2.05) is 0 Å². The Bertz CT molecular complexity index is 354. The summed E-state index contributed by atoms with van der Waals surface area (Å²) in [5.41, 5.74) is -1.03. The van der Waals surface area contributed by atoms with Gasteiger partial charge in [0.25, 0.3) is 10.1 Å². The zero-order chi connectivity index (χ0) is 18.1. The summed E-state index contributed by atoms with van der Waals surface area (Å²) in [4.78, 5) is 0. The maximum absolute atomic E-state index is 11.4. The van der Waals surface area contributed by atoms with Crippen LogP contribution in [0.5, 0.6) is 0 Å². The Hall–Kier alpha value is -0.130. The second kappa shape index (κ2) is 16.3. The van der Waals surface area contributed by atoms with E-state index in [2.05, 4.69) is 13.8 Å². The number of ether oxygens (including phenoxy) is 1. The molecule has 0 amide bonds. The number of unbranched alkanes of at least 4 members (excludes halogenated alkanes) is 12. The molecule has 0 fully saturated rings. The lowest BCUT2D eigenvalue weighted by molar-refractivity contribution is 0.0881. The van der Waals surface area contributed by atoms with Crippen molar-refractivity contribution in [2.75, 3.05) is 6.61 Å². The van der Waals surface area contributed by atoms with Gasteiger partial charge in [-0.05, 0) is 19.3 Å². The maximum Gasteiger partial charge on any atom is 0.292 e. The Morgan fingerprint density at radius 2 is 1.12 bits per heavy atom. The molecular weight excluding hydrogens is 324 g/mol. The summed E-state index contributed by atoms with van der Waals surface area (Å²) in [5, 5.41) is 0. The average molecular weight is 365 g/mol. The molecule has 0 radical (unpaired) electrons. The summed E-state index contributed by atoms with van der Waals surface area (Å²) in [6.07, 6.45) is 16.6. The first-order valence-corrected chi connectivity index (χ1v) is 11.6. The Labute approximate surface area is 150 Å². The molecule has 0 aromatic heterocycles. The SMILES string of the molecule is CCCCCCCCCCCOC(CCCCCCC)S(=O)(=O)O. The van der Waals surface area contributed by atoms with Gasteiger partial charge in [0.1, 0.15) is 0 Å². The quantitative estimate of drug-likeness (QED) is 0.235. The first-order valence-electron chi connectivity index (χ1n) is 10.1. The third-order valence-electron chi connectivity index (χ3n) is 4.43. The van der Waals surface area contributed by atoms with E-state index in [1.54, 1.807) is 0 Å². The molecule has 0 saturated heterocycles. The second-order valence-electron chi connectivity index (χ2n) is 6.85. The summed E-state index contributed by atoms with van der Waals surface area (Å²) in [7, 11) is -4.09. The minimum absolute atomic E-state index is 0.403. The van der Waals surface area contributed by atoms with E-state index in [0.717, 1.165) is 38.5 Å². The summed E-state index contributed by atoms with van der Waals surface area (Å²) >= 11 is 0. The third kappa shape index (κ3) is 15.4. The number of rotatable bonds is 18. The average Bonchev–Trinajstić information content (AvgIpc) is 2.53. The van der Waals surface area contributed by atoms with Gasteiger partial charge in [0.2, 0.25) is 0 Å². The van der Waals surface area contributed by atoms with E-state index in [0.29, 0.717) is 13.0 Å². The Balaban J connectivity index is 3.65. The standard InChI is InChI=1S/C19H40O4S/c1-3-5-7-9-10-11-12-14-16-18-23-19(24(20,21)22)17-15-13-8-6-4-2/h19H,3-18H2,1-2H3,(H,20,21,22).